The van der Waals surface area contributed by atoms with Gasteiger partial charge in [0.15, 0.2) is 0 Å². The molecule has 1 saturated heterocycles. The Morgan fingerprint density at radius 1 is 1.08 bits per heavy atom. The summed E-state index contributed by atoms with van der Waals surface area (Å²) < 4.78 is 3.93. The predicted molar refractivity (Wildman–Crippen MR) is 201 cm³/mol. The van der Waals surface area contributed by atoms with E-state index < -0.39 is 11.6 Å². The fraction of sp³-hybridized carbons (Fsp3) is 0.421. The fourth-order valence-electron chi connectivity index (χ4n) is 7.34. The molecule has 0 radical (unpaired) electrons. The first-order valence-electron chi connectivity index (χ1n) is 17.0. The molecule has 3 atom stereocenters. The third kappa shape index (κ3) is 8.58. The highest BCUT2D eigenvalue weighted by Crippen LogP contribution is 2.47. The Bertz CT molecular complexity index is 1780. The van der Waals surface area contributed by atoms with Gasteiger partial charge in [-0.15, -0.1) is 0 Å². The summed E-state index contributed by atoms with van der Waals surface area (Å²) >= 11 is 14.1. The summed E-state index contributed by atoms with van der Waals surface area (Å²) in [4.78, 5) is 41.8. The normalized spacial score (nSPS) is 19.1. The van der Waals surface area contributed by atoms with E-state index in [2.05, 4.69) is 66.4 Å². The smallest absolute Gasteiger partial charge is 0.318 e. The van der Waals surface area contributed by atoms with Crippen LogP contribution in [0.15, 0.2) is 82.4 Å². The number of urea groups is 1. The topological polar surface area (TPSA) is 83.4 Å². The van der Waals surface area contributed by atoms with Crippen LogP contribution in [0.5, 0.6) is 0 Å². The number of imidazole rings is 1. The van der Waals surface area contributed by atoms with Gasteiger partial charge in [-0.3, -0.25) is 9.78 Å². The zero-order valence-corrected chi connectivity index (χ0v) is 32.1. The van der Waals surface area contributed by atoms with Gasteiger partial charge in [-0.05, 0) is 115 Å². The van der Waals surface area contributed by atoms with Crippen LogP contribution in [0.1, 0.15) is 73.9 Å². The summed E-state index contributed by atoms with van der Waals surface area (Å²) in [6.45, 7) is 8.13. The first kappa shape index (κ1) is 35.6. The van der Waals surface area contributed by atoms with Crippen LogP contribution in [0.2, 0.25) is 5.02 Å². The van der Waals surface area contributed by atoms with Gasteiger partial charge in [0.1, 0.15) is 6.04 Å². The van der Waals surface area contributed by atoms with Crippen LogP contribution in [0.25, 0.3) is 0 Å². The van der Waals surface area contributed by atoms with Gasteiger partial charge in [-0.2, -0.15) is 0 Å². The van der Waals surface area contributed by atoms with Crippen molar-refractivity contribution in [3.8, 4) is 0 Å². The van der Waals surface area contributed by atoms with Crippen molar-refractivity contribution in [3.63, 3.8) is 0 Å². The number of amides is 3. The van der Waals surface area contributed by atoms with Gasteiger partial charge in [0.25, 0.3) is 0 Å². The molecule has 8 nitrogen and oxygen atoms in total. The van der Waals surface area contributed by atoms with Crippen molar-refractivity contribution in [1.82, 2.24) is 29.7 Å². The number of carbonyl (C=O) groups excluding carboxylic acids is 2. The number of nitrogens with zero attached hydrogens (tertiary/aromatic N) is 5. The Morgan fingerprint density at radius 2 is 1.86 bits per heavy atom. The van der Waals surface area contributed by atoms with Gasteiger partial charge in [0.05, 0.1) is 12.0 Å². The zero-order valence-electron chi connectivity index (χ0n) is 28.2. The molecule has 4 aromatic rings. The molecular formula is C38H43Br2ClN6O2. The average molecular weight is 811 g/mol. The van der Waals surface area contributed by atoms with Gasteiger partial charge in [0.2, 0.25) is 5.91 Å². The van der Waals surface area contributed by atoms with Crippen LogP contribution in [-0.4, -0.2) is 60.9 Å². The Balaban J connectivity index is 1.38. The van der Waals surface area contributed by atoms with E-state index in [1.54, 1.807) is 17.4 Å². The quantitative estimate of drug-likeness (QED) is 0.194. The Labute approximate surface area is 310 Å². The third-order valence-electron chi connectivity index (χ3n) is 9.49. The fourth-order valence-corrected chi connectivity index (χ4v) is 8.84. The van der Waals surface area contributed by atoms with Gasteiger partial charge >= 0.3 is 6.03 Å². The maximum absolute atomic E-state index is 15.0. The van der Waals surface area contributed by atoms with E-state index in [9.17, 15) is 9.59 Å². The molecule has 2 aromatic heterocycles. The van der Waals surface area contributed by atoms with E-state index in [1.807, 2.05) is 66.9 Å². The molecule has 1 fully saturated rings. The lowest BCUT2D eigenvalue weighted by molar-refractivity contribution is -0.138. The maximum Gasteiger partial charge on any atom is 0.318 e. The monoisotopic (exact) mass is 808 g/mol. The zero-order chi connectivity index (χ0) is 34.7. The molecule has 1 N–H and O–H groups in total. The molecular weight excluding hydrogens is 768 g/mol. The van der Waals surface area contributed by atoms with E-state index >= 15 is 0 Å². The van der Waals surface area contributed by atoms with E-state index in [0.717, 1.165) is 52.4 Å². The highest BCUT2D eigenvalue weighted by atomic mass is 79.9. The summed E-state index contributed by atoms with van der Waals surface area (Å²) in [5.74, 6) is -0.0469. The highest BCUT2D eigenvalue weighted by Gasteiger charge is 2.44. The Morgan fingerprint density at radius 3 is 2.59 bits per heavy atom. The van der Waals surface area contributed by atoms with E-state index in [0.29, 0.717) is 31.1 Å². The lowest BCUT2D eigenvalue weighted by Gasteiger charge is -2.44. The van der Waals surface area contributed by atoms with Crippen molar-refractivity contribution in [1.29, 1.82) is 0 Å². The lowest BCUT2D eigenvalue weighted by Crippen LogP contribution is -2.59. The minimum absolute atomic E-state index is 0.0313. The minimum atomic E-state index is -0.644. The van der Waals surface area contributed by atoms with Crippen molar-refractivity contribution in [2.75, 3.05) is 13.1 Å². The second kappa shape index (κ2) is 15.4. The third-order valence-corrected chi connectivity index (χ3v) is 10.8. The van der Waals surface area contributed by atoms with E-state index in [1.165, 1.54) is 16.7 Å². The van der Waals surface area contributed by atoms with Crippen LogP contribution in [0, 0.1) is 5.92 Å². The molecule has 6 rings (SSSR count). The van der Waals surface area contributed by atoms with Crippen molar-refractivity contribution in [2.45, 2.75) is 83.5 Å². The summed E-state index contributed by atoms with van der Waals surface area (Å²) in [7, 11) is 0. The van der Waals surface area contributed by atoms with Gasteiger partial charge < -0.3 is 19.7 Å². The van der Waals surface area contributed by atoms with Crippen LogP contribution in [-0.2, 0) is 30.7 Å². The van der Waals surface area contributed by atoms with Crippen LogP contribution in [0.3, 0.4) is 0 Å². The summed E-state index contributed by atoms with van der Waals surface area (Å²) in [6.07, 6.45) is 11.1. The second-order valence-electron chi connectivity index (χ2n) is 14.2. The van der Waals surface area contributed by atoms with Crippen LogP contribution >= 0.6 is 43.5 Å². The van der Waals surface area contributed by atoms with Crippen molar-refractivity contribution >= 4 is 55.4 Å². The minimum Gasteiger partial charge on any atom is -0.337 e. The number of rotatable bonds is 8. The van der Waals surface area contributed by atoms with Gasteiger partial charge in [-0.25, -0.2) is 9.78 Å². The molecule has 258 valence electrons. The first-order valence-corrected chi connectivity index (χ1v) is 18.9. The lowest BCUT2D eigenvalue weighted by atomic mass is 9.74. The molecule has 2 aromatic carbocycles. The number of aromatic nitrogens is 3. The molecule has 0 spiro atoms. The summed E-state index contributed by atoms with van der Waals surface area (Å²) in [5, 5.41) is 3.84. The van der Waals surface area contributed by atoms with Gasteiger partial charge in [-0.1, -0.05) is 57.9 Å². The van der Waals surface area contributed by atoms with Crippen LogP contribution in [0.4, 0.5) is 4.79 Å². The number of piperidine rings is 1. The maximum atomic E-state index is 15.0. The number of halogens is 3. The van der Waals surface area contributed by atoms with Crippen LogP contribution < -0.4 is 5.32 Å². The standard InChI is InChI=1S/C38H43Br2ClN6O2/c1-38(2,3)44-37(49)47-16-12-27(34-33-26(19-30(41)21-31(33)40)10-11-28-18-29(39)22-43-35(28)34)20-32(47)36(48)46(23-25-8-5-4-6-9-25)15-7-14-45-17-13-42-24-45/h4-6,8-9,13,17-19,21-22,24,27,32,34H,7,10-12,14-16,20,23H2,1-3H3,(H,44,49)/t27?,32-,34-/m1/s1. The molecule has 1 aliphatic carbocycles. The summed E-state index contributed by atoms with van der Waals surface area (Å²) in [6, 6.07) is 15.4. The number of hydrogen-bond donors (Lipinski definition) is 1. The number of benzene rings is 2. The number of hydrogen-bond acceptors (Lipinski definition) is 4. The number of pyridine rings is 1. The number of carbonyl (C=O) groups is 2. The Hall–Kier alpha value is -3.21. The van der Waals surface area contributed by atoms with Crippen molar-refractivity contribution in [3.05, 3.63) is 115 Å². The van der Waals surface area contributed by atoms with Crippen molar-refractivity contribution < 1.29 is 9.59 Å². The number of likely N-dealkylation sites (tertiary alicyclic amines) is 1. The SMILES string of the molecule is CC(C)(C)NC(=O)N1CCC([C@H]2c3ncc(Br)cc3CCc3cc(Cl)cc(Br)c32)C[C@@H]1C(=O)N(CCCn1ccnc1)Cc1ccccc1. The molecule has 49 heavy (non-hydrogen) atoms. The number of aryl methyl sites for hydroxylation is 3. The largest absolute Gasteiger partial charge is 0.337 e. The number of fused-ring (bicyclic) bond motifs is 2. The Kier molecular flexibility index (Phi) is 11.2. The molecule has 1 aliphatic heterocycles. The molecule has 2 aliphatic rings. The molecule has 0 saturated carbocycles. The van der Waals surface area contributed by atoms with E-state index in [-0.39, 0.29) is 23.8 Å². The van der Waals surface area contributed by atoms with Crippen molar-refractivity contribution in [2.24, 2.45) is 5.92 Å². The average Bonchev–Trinajstić information content (AvgIpc) is 3.52. The molecule has 11 heteroatoms. The molecule has 3 amide bonds. The van der Waals surface area contributed by atoms with E-state index in [4.69, 9.17) is 16.6 Å². The van der Waals surface area contributed by atoms with Gasteiger partial charge in [0, 0.05) is 70.2 Å². The summed E-state index contributed by atoms with van der Waals surface area (Å²) in [5.41, 5.74) is 5.22. The molecule has 1 unspecified atom stereocenters. The predicted octanol–water partition coefficient (Wildman–Crippen LogP) is 8.39. The highest BCUT2D eigenvalue weighted by molar-refractivity contribution is 9.10. The molecule has 0 bridgehead atoms. The molecule has 3 heterocycles. The first-order chi connectivity index (χ1) is 23.5. The second-order valence-corrected chi connectivity index (χ2v) is 16.4. The number of nitrogens with one attached hydrogen (secondary N) is 1.